The van der Waals surface area contributed by atoms with Gasteiger partial charge in [0.1, 0.15) is 0 Å². The Morgan fingerprint density at radius 3 is 2.38 bits per heavy atom. The molecule has 0 aliphatic heterocycles. The van der Waals surface area contributed by atoms with Gasteiger partial charge in [-0.25, -0.2) is 0 Å². The van der Waals surface area contributed by atoms with Crippen LogP contribution in [0.4, 0.5) is 0 Å². The summed E-state index contributed by atoms with van der Waals surface area (Å²) in [5.74, 6) is 0.0327. The Kier molecular flexibility index (Phi) is 3.98. The standard InChI is InChI=1S/C18H18ClNO/c19-16-9-5-4-6-14(16)12-17(21)20-13-18(10-11-18)15-7-2-1-3-8-15/h1-9H,10-13H2,(H,20,21). The second-order valence-electron chi connectivity index (χ2n) is 5.69. The molecule has 1 N–H and O–H groups in total. The third-order valence-electron chi connectivity index (χ3n) is 4.17. The van der Waals surface area contributed by atoms with E-state index >= 15 is 0 Å². The summed E-state index contributed by atoms with van der Waals surface area (Å²) in [7, 11) is 0. The summed E-state index contributed by atoms with van der Waals surface area (Å²) >= 11 is 6.09. The van der Waals surface area contributed by atoms with Gasteiger partial charge in [0.2, 0.25) is 5.91 Å². The van der Waals surface area contributed by atoms with E-state index in [-0.39, 0.29) is 11.3 Å². The lowest BCUT2D eigenvalue weighted by Gasteiger charge is -2.16. The maximum Gasteiger partial charge on any atom is 0.224 e. The van der Waals surface area contributed by atoms with Crippen LogP contribution in [-0.2, 0) is 16.6 Å². The fraction of sp³-hybridized carbons (Fsp3) is 0.278. The first-order valence-electron chi connectivity index (χ1n) is 7.25. The zero-order valence-corrected chi connectivity index (χ0v) is 12.6. The lowest BCUT2D eigenvalue weighted by Crippen LogP contribution is -2.33. The molecular formula is C18H18ClNO. The van der Waals surface area contributed by atoms with E-state index in [1.54, 1.807) is 0 Å². The highest BCUT2D eigenvalue weighted by molar-refractivity contribution is 6.31. The normalized spacial score (nSPS) is 15.5. The maximum absolute atomic E-state index is 12.1. The minimum atomic E-state index is 0.0327. The zero-order chi connectivity index (χ0) is 14.7. The number of benzene rings is 2. The second-order valence-corrected chi connectivity index (χ2v) is 6.10. The van der Waals surface area contributed by atoms with Gasteiger partial charge in [0.25, 0.3) is 0 Å². The average molecular weight is 300 g/mol. The molecule has 2 aromatic carbocycles. The molecule has 1 aliphatic carbocycles. The Morgan fingerprint density at radius 2 is 1.71 bits per heavy atom. The predicted octanol–water partition coefficient (Wildman–Crippen LogP) is 3.73. The van der Waals surface area contributed by atoms with Crippen molar-refractivity contribution in [3.8, 4) is 0 Å². The van der Waals surface area contributed by atoms with Crippen LogP contribution < -0.4 is 5.32 Å². The summed E-state index contributed by atoms with van der Waals surface area (Å²) in [6.45, 7) is 0.709. The molecule has 1 amide bonds. The van der Waals surface area contributed by atoms with E-state index in [0.717, 1.165) is 18.4 Å². The topological polar surface area (TPSA) is 29.1 Å². The zero-order valence-electron chi connectivity index (χ0n) is 11.8. The monoisotopic (exact) mass is 299 g/mol. The van der Waals surface area contributed by atoms with Crippen LogP contribution in [0.2, 0.25) is 5.02 Å². The summed E-state index contributed by atoms with van der Waals surface area (Å²) in [6.07, 6.45) is 2.62. The fourth-order valence-corrected chi connectivity index (χ4v) is 2.86. The van der Waals surface area contributed by atoms with Gasteiger partial charge in [0.05, 0.1) is 6.42 Å². The van der Waals surface area contributed by atoms with Crippen molar-refractivity contribution in [2.24, 2.45) is 0 Å². The molecule has 0 bridgehead atoms. The largest absolute Gasteiger partial charge is 0.355 e. The molecule has 1 aliphatic rings. The van der Waals surface area contributed by atoms with Crippen LogP contribution in [0.5, 0.6) is 0 Å². The summed E-state index contributed by atoms with van der Waals surface area (Å²) in [5.41, 5.74) is 2.35. The van der Waals surface area contributed by atoms with Crippen molar-refractivity contribution < 1.29 is 4.79 Å². The van der Waals surface area contributed by atoms with Gasteiger partial charge in [-0.1, -0.05) is 60.1 Å². The highest BCUT2D eigenvalue weighted by atomic mass is 35.5. The van der Waals surface area contributed by atoms with E-state index in [1.807, 2.05) is 30.3 Å². The van der Waals surface area contributed by atoms with Crippen molar-refractivity contribution in [1.29, 1.82) is 0 Å². The van der Waals surface area contributed by atoms with Gasteiger partial charge in [0, 0.05) is 17.0 Å². The number of hydrogen-bond acceptors (Lipinski definition) is 1. The first-order valence-corrected chi connectivity index (χ1v) is 7.63. The molecule has 0 heterocycles. The van der Waals surface area contributed by atoms with Crippen molar-refractivity contribution in [2.45, 2.75) is 24.7 Å². The van der Waals surface area contributed by atoms with Crippen LogP contribution >= 0.6 is 11.6 Å². The number of nitrogens with one attached hydrogen (secondary N) is 1. The van der Waals surface area contributed by atoms with E-state index in [0.29, 0.717) is 18.0 Å². The van der Waals surface area contributed by atoms with Gasteiger partial charge < -0.3 is 5.32 Å². The first kappa shape index (κ1) is 14.2. The van der Waals surface area contributed by atoms with Crippen molar-refractivity contribution in [3.63, 3.8) is 0 Å². The Balaban J connectivity index is 1.58. The molecule has 0 unspecified atom stereocenters. The molecule has 1 fully saturated rings. The van der Waals surface area contributed by atoms with Crippen LogP contribution in [0, 0.1) is 0 Å². The van der Waals surface area contributed by atoms with Crippen LogP contribution in [0.15, 0.2) is 54.6 Å². The van der Waals surface area contributed by atoms with Crippen LogP contribution in [-0.4, -0.2) is 12.5 Å². The number of halogens is 1. The Morgan fingerprint density at radius 1 is 1.05 bits per heavy atom. The molecule has 0 radical (unpaired) electrons. The van der Waals surface area contributed by atoms with Gasteiger partial charge in [-0.05, 0) is 30.0 Å². The fourth-order valence-electron chi connectivity index (χ4n) is 2.66. The average Bonchev–Trinajstić information content (AvgIpc) is 3.30. The lowest BCUT2D eigenvalue weighted by atomic mass is 9.96. The van der Waals surface area contributed by atoms with Crippen LogP contribution in [0.25, 0.3) is 0 Å². The van der Waals surface area contributed by atoms with Crippen molar-refractivity contribution in [1.82, 2.24) is 5.32 Å². The molecule has 21 heavy (non-hydrogen) atoms. The van der Waals surface area contributed by atoms with E-state index in [9.17, 15) is 4.79 Å². The number of hydrogen-bond donors (Lipinski definition) is 1. The highest BCUT2D eigenvalue weighted by Crippen LogP contribution is 2.47. The molecule has 2 aromatic rings. The number of carbonyl (C=O) groups excluding carboxylic acids is 1. The Labute approximate surface area is 130 Å². The third kappa shape index (κ3) is 3.27. The second kappa shape index (κ2) is 5.90. The van der Waals surface area contributed by atoms with E-state index in [1.165, 1.54) is 5.56 Å². The quantitative estimate of drug-likeness (QED) is 0.895. The molecule has 0 atom stereocenters. The molecule has 2 nitrogen and oxygen atoms in total. The summed E-state index contributed by atoms with van der Waals surface area (Å²) < 4.78 is 0. The van der Waals surface area contributed by atoms with Crippen molar-refractivity contribution in [3.05, 3.63) is 70.7 Å². The Bertz CT molecular complexity index is 635. The SMILES string of the molecule is O=C(Cc1ccccc1Cl)NCC1(c2ccccc2)CC1. The molecule has 3 heteroatoms. The van der Waals surface area contributed by atoms with Crippen LogP contribution in [0.3, 0.4) is 0 Å². The molecule has 0 saturated heterocycles. The molecule has 3 rings (SSSR count). The van der Waals surface area contributed by atoms with E-state index < -0.39 is 0 Å². The molecule has 108 valence electrons. The smallest absolute Gasteiger partial charge is 0.224 e. The van der Waals surface area contributed by atoms with Crippen LogP contribution in [0.1, 0.15) is 24.0 Å². The van der Waals surface area contributed by atoms with E-state index in [4.69, 9.17) is 11.6 Å². The minimum Gasteiger partial charge on any atom is -0.355 e. The highest BCUT2D eigenvalue weighted by Gasteiger charge is 2.44. The minimum absolute atomic E-state index is 0.0327. The predicted molar refractivity (Wildman–Crippen MR) is 85.5 cm³/mol. The summed E-state index contributed by atoms with van der Waals surface area (Å²) in [4.78, 5) is 12.1. The summed E-state index contributed by atoms with van der Waals surface area (Å²) in [6, 6.07) is 17.9. The Hall–Kier alpha value is -1.80. The van der Waals surface area contributed by atoms with Gasteiger partial charge >= 0.3 is 0 Å². The first-order chi connectivity index (χ1) is 10.2. The van der Waals surface area contributed by atoms with Crippen molar-refractivity contribution >= 4 is 17.5 Å². The van der Waals surface area contributed by atoms with Gasteiger partial charge in [-0.3, -0.25) is 4.79 Å². The van der Waals surface area contributed by atoms with Gasteiger partial charge in [0.15, 0.2) is 0 Å². The van der Waals surface area contributed by atoms with Gasteiger partial charge in [-0.2, -0.15) is 0 Å². The number of amides is 1. The lowest BCUT2D eigenvalue weighted by molar-refractivity contribution is -0.120. The third-order valence-corrected chi connectivity index (χ3v) is 4.54. The number of rotatable bonds is 5. The number of carbonyl (C=O) groups is 1. The summed E-state index contributed by atoms with van der Waals surface area (Å²) in [5, 5.41) is 3.71. The molecule has 0 aromatic heterocycles. The maximum atomic E-state index is 12.1. The molecule has 1 saturated carbocycles. The molecule has 0 spiro atoms. The molecular weight excluding hydrogens is 282 g/mol. The van der Waals surface area contributed by atoms with E-state index in [2.05, 4.69) is 29.6 Å². The van der Waals surface area contributed by atoms with Gasteiger partial charge in [-0.15, -0.1) is 0 Å². The van der Waals surface area contributed by atoms with Crippen molar-refractivity contribution in [2.75, 3.05) is 6.54 Å².